The SMILES string of the molecule is CCNC(=NCc1ccc(C)cc1OCC1CC1)NCCCN1CCCC1=O.I. The number of amides is 1. The van der Waals surface area contributed by atoms with Crippen LogP contribution in [-0.2, 0) is 11.3 Å². The molecular weight excluding hydrogens is 479 g/mol. The summed E-state index contributed by atoms with van der Waals surface area (Å²) in [5.41, 5.74) is 2.33. The molecule has 162 valence electrons. The smallest absolute Gasteiger partial charge is 0.222 e. The Morgan fingerprint density at radius 1 is 1.31 bits per heavy atom. The van der Waals surface area contributed by atoms with Gasteiger partial charge in [0.1, 0.15) is 5.75 Å². The number of nitrogens with zero attached hydrogens (tertiary/aromatic N) is 2. The van der Waals surface area contributed by atoms with Crippen LogP contribution >= 0.6 is 24.0 Å². The molecule has 1 aliphatic heterocycles. The lowest BCUT2D eigenvalue weighted by atomic mass is 10.1. The highest BCUT2D eigenvalue weighted by Gasteiger charge is 2.22. The van der Waals surface area contributed by atoms with Crippen LogP contribution in [0.15, 0.2) is 23.2 Å². The van der Waals surface area contributed by atoms with Crippen molar-refractivity contribution < 1.29 is 9.53 Å². The Balaban J connectivity index is 0.00000300. The molecule has 1 saturated heterocycles. The molecule has 2 N–H and O–H groups in total. The van der Waals surface area contributed by atoms with E-state index in [0.717, 1.165) is 68.8 Å². The lowest BCUT2D eigenvalue weighted by molar-refractivity contribution is -0.127. The van der Waals surface area contributed by atoms with Gasteiger partial charge in [-0.05, 0) is 57.1 Å². The summed E-state index contributed by atoms with van der Waals surface area (Å²) in [5, 5.41) is 6.68. The molecule has 1 aromatic carbocycles. The van der Waals surface area contributed by atoms with E-state index in [1.54, 1.807) is 0 Å². The third-order valence-electron chi connectivity index (χ3n) is 5.21. The average molecular weight is 514 g/mol. The number of ether oxygens (including phenoxy) is 1. The number of carbonyl (C=O) groups is 1. The van der Waals surface area contributed by atoms with Gasteiger partial charge in [-0.3, -0.25) is 4.79 Å². The van der Waals surface area contributed by atoms with Gasteiger partial charge >= 0.3 is 0 Å². The molecule has 0 aromatic heterocycles. The van der Waals surface area contributed by atoms with E-state index in [4.69, 9.17) is 9.73 Å². The molecule has 0 bridgehead atoms. The highest BCUT2D eigenvalue weighted by atomic mass is 127. The Labute approximate surface area is 191 Å². The Kier molecular flexibility index (Phi) is 10.0. The molecule has 0 radical (unpaired) electrons. The van der Waals surface area contributed by atoms with E-state index < -0.39 is 0 Å². The van der Waals surface area contributed by atoms with Crippen molar-refractivity contribution in [3.63, 3.8) is 0 Å². The standard InChI is InChI=1S/C22H34N4O2.HI/c1-3-23-22(24-11-5-13-26-12-4-6-21(26)27)25-15-19-10-7-17(2)14-20(19)28-16-18-8-9-18;/h7,10,14,18H,3-6,8-9,11-13,15-16H2,1-2H3,(H2,23,24,25);1H. The second-order valence-corrected chi connectivity index (χ2v) is 7.83. The number of aliphatic imine (C=N–C) groups is 1. The Hall–Kier alpha value is -1.51. The van der Waals surface area contributed by atoms with E-state index in [1.807, 2.05) is 4.90 Å². The summed E-state index contributed by atoms with van der Waals surface area (Å²) in [6.07, 6.45) is 5.21. The second kappa shape index (κ2) is 12.2. The van der Waals surface area contributed by atoms with Crippen molar-refractivity contribution >= 4 is 35.8 Å². The summed E-state index contributed by atoms with van der Waals surface area (Å²) >= 11 is 0. The predicted molar refractivity (Wildman–Crippen MR) is 128 cm³/mol. The molecule has 6 nitrogen and oxygen atoms in total. The van der Waals surface area contributed by atoms with E-state index in [-0.39, 0.29) is 24.0 Å². The van der Waals surface area contributed by atoms with Crippen LogP contribution < -0.4 is 15.4 Å². The molecule has 29 heavy (non-hydrogen) atoms. The predicted octanol–water partition coefficient (Wildman–Crippen LogP) is 3.47. The summed E-state index contributed by atoms with van der Waals surface area (Å²) in [4.78, 5) is 18.4. The van der Waals surface area contributed by atoms with Gasteiger partial charge in [0, 0.05) is 38.2 Å². The van der Waals surface area contributed by atoms with Crippen molar-refractivity contribution in [3.05, 3.63) is 29.3 Å². The number of hydrogen-bond donors (Lipinski definition) is 2. The molecule has 7 heteroatoms. The topological polar surface area (TPSA) is 66.0 Å². The van der Waals surface area contributed by atoms with Gasteiger partial charge in [0.05, 0.1) is 13.2 Å². The quantitative estimate of drug-likeness (QED) is 0.217. The minimum atomic E-state index is 0. The zero-order valence-electron chi connectivity index (χ0n) is 17.7. The Bertz CT molecular complexity index is 691. The molecule has 1 aliphatic carbocycles. The summed E-state index contributed by atoms with van der Waals surface area (Å²) < 4.78 is 6.05. The summed E-state index contributed by atoms with van der Waals surface area (Å²) in [7, 11) is 0. The molecule has 3 rings (SSSR count). The van der Waals surface area contributed by atoms with Crippen LogP contribution in [0, 0.1) is 12.8 Å². The van der Waals surface area contributed by atoms with Crippen molar-refractivity contribution in [3.8, 4) is 5.75 Å². The Morgan fingerprint density at radius 2 is 2.14 bits per heavy atom. The number of halogens is 1. The van der Waals surface area contributed by atoms with Gasteiger partial charge in [0.2, 0.25) is 5.91 Å². The molecule has 0 unspecified atom stereocenters. The number of carbonyl (C=O) groups excluding carboxylic acids is 1. The second-order valence-electron chi connectivity index (χ2n) is 7.83. The maximum absolute atomic E-state index is 11.7. The lowest BCUT2D eigenvalue weighted by Crippen LogP contribution is -2.39. The van der Waals surface area contributed by atoms with Gasteiger partial charge in [-0.2, -0.15) is 0 Å². The minimum Gasteiger partial charge on any atom is -0.493 e. The molecule has 1 amide bonds. The van der Waals surface area contributed by atoms with E-state index in [9.17, 15) is 4.79 Å². The fourth-order valence-corrected chi connectivity index (χ4v) is 3.34. The van der Waals surface area contributed by atoms with Crippen LogP contribution in [0.3, 0.4) is 0 Å². The van der Waals surface area contributed by atoms with Crippen molar-refractivity contribution in [2.75, 3.05) is 32.8 Å². The first-order chi connectivity index (χ1) is 13.7. The van der Waals surface area contributed by atoms with Gasteiger partial charge in [0.15, 0.2) is 5.96 Å². The van der Waals surface area contributed by atoms with Crippen molar-refractivity contribution in [2.45, 2.75) is 52.5 Å². The van der Waals surface area contributed by atoms with Crippen LogP contribution in [0.2, 0.25) is 0 Å². The van der Waals surface area contributed by atoms with Crippen LogP contribution in [-0.4, -0.2) is 49.6 Å². The van der Waals surface area contributed by atoms with Crippen molar-refractivity contribution in [1.82, 2.24) is 15.5 Å². The third-order valence-corrected chi connectivity index (χ3v) is 5.21. The number of likely N-dealkylation sites (tertiary alicyclic amines) is 1. The largest absolute Gasteiger partial charge is 0.493 e. The third kappa shape index (κ3) is 8.03. The number of benzene rings is 1. The zero-order chi connectivity index (χ0) is 19.8. The molecule has 2 aliphatic rings. The first-order valence-electron chi connectivity index (χ1n) is 10.7. The van der Waals surface area contributed by atoms with E-state index in [1.165, 1.54) is 18.4 Å². The maximum Gasteiger partial charge on any atom is 0.222 e. The summed E-state index contributed by atoms with van der Waals surface area (Å²) in [5.74, 6) is 2.79. The number of guanidine groups is 1. The van der Waals surface area contributed by atoms with Crippen molar-refractivity contribution in [1.29, 1.82) is 0 Å². The summed E-state index contributed by atoms with van der Waals surface area (Å²) in [6.45, 7) is 8.90. The fraction of sp³-hybridized carbons (Fsp3) is 0.636. The van der Waals surface area contributed by atoms with E-state index in [2.05, 4.69) is 42.7 Å². The average Bonchev–Trinajstić information content (AvgIpc) is 3.43. The number of nitrogens with one attached hydrogen (secondary N) is 2. The minimum absolute atomic E-state index is 0. The van der Waals surface area contributed by atoms with E-state index >= 15 is 0 Å². The van der Waals surface area contributed by atoms with Gasteiger partial charge in [-0.25, -0.2) is 4.99 Å². The number of aryl methyl sites for hydroxylation is 1. The maximum atomic E-state index is 11.7. The van der Waals surface area contributed by atoms with Gasteiger partial charge in [-0.1, -0.05) is 12.1 Å². The molecule has 2 fully saturated rings. The van der Waals surface area contributed by atoms with Gasteiger partial charge in [0.25, 0.3) is 0 Å². The van der Waals surface area contributed by atoms with Crippen LogP contribution in [0.5, 0.6) is 5.75 Å². The van der Waals surface area contributed by atoms with Crippen LogP contribution in [0.4, 0.5) is 0 Å². The highest BCUT2D eigenvalue weighted by Crippen LogP contribution is 2.30. The van der Waals surface area contributed by atoms with Crippen LogP contribution in [0.1, 0.15) is 50.2 Å². The molecule has 0 spiro atoms. The fourth-order valence-electron chi connectivity index (χ4n) is 3.34. The van der Waals surface area contributed by atoms with Crippen LogP contribution in [0.25, 0.3) is 0 Å². The lowest BCUT2D eigenvalue weighted by Gasteiger charge is -2.16. The van der Waals surface area contributed by atoms with Gasteiger partial charge < -0.3 is 20.3 Å². The molecule has 1 saturated carbocycles. The van der Waals surface area contributed by atoms with E-state index in [0.29, 0.717) is 18.9 Å². The number of rotatable bonds is 10. The Morgan fingerprint density at radius 3 is 2.83 bits per heavy atom. The first kappa shape index (κ1) is 23.8. The summed E-state index contributed by atoms with van der Waals surface area (Å²) in [6, 6.07) is 6.34. The monoisotopic (exact) mass is 514 g/mol. The number of hydrogen-bond acceptors (Lipinski definition) is 3. The molecular formula is C22H35IN4O2. The highest BCUT2D eigenvalue weighted by molar-refractivity contribution is 14.0. The molecule has 1 aromatic rings. The normalized spacial score (nSPS) is 16.6. The zero-order valence-corrected chi connectivity index (χ0v) is 20.0. The first-order valence-corrected chi connectivity index (χ1v) is 10.7. The van der Waals surface area contributed by atoms with Gasteiger partial charge in [-0.15, -0.1) is 24.0 Å². The molecule has 1 heterocycles. The van der Waals surface area contributed by atoms with Crippen molar-refractivity contribution in [2.24, 2.45) is 10.9 Å². The molecule has 0 atom stereocenters.